The molecule has 3 aliphatic rings. The van der Waals surface area contributed by atoms with E-state index in [4.69, 9.17) is 9.31 Å². The molecule has 0 unspecified atom stereocenters. The topological polar surface area (TPSA) is 30.5 Å². The molecule has 0 amide bonds. The highest BCUT2D eigenvalue weighted by molar-refractivity contribution is 6.45. The van der Waals surface area contributed by atoms with Gasteiger partial charge in [-0.05, 0) is 84.1 Å². The fourth-order valence-electron chi connectivity index (χ4n) is 4.03. The van der Waals surface area contributed by atoms with Crippen molar-refractivity contribution in [2.45, 2.75) is 70.9 Å². The average molecular weight is 265 g/mol. The fraction of sp³-hybridized carbons (Fsp3) is 1.00. The molecule has 1 N–H and O–H groups in total. The minimum absolute atomic E-state index is 0.00839. The van der Waals surface area contributed by atoms with E-state index in [-0.39, 0.29) is 18.3 Å². The fourth-order valence-corrected chi connectivity index (χ4v) is 4.03. The van der Waals surface area contributed by atoms with Crippen LogP contribution in [0.5, 0.6) is 0 Å². The van der Waals surface area contributed by atoms with Gasteiger partial charge in [0.05, 0.1) is 11.2 Å². The van der Waals surface area contributed by atoms with Gasteiger partial charge in [-0.15, -0.1) is 0 Å². The highest BCUT2D eigenvalue weighted by atomic mass is 16.7. The Balaban J connectivity index is 1.50. The summed E-state index contributed by atoms with van der Waals surface area (Å²) in [6.45, 7) is 11.0. The number of nitrogens with one attached hydrogen (secondary N) is 1. The normalized spacial score (nSPS) is 32.5. The average Bonchev–Trinajstić information content (AvgIpc) is 2.46. The molecule has 2 saturated heterocycles. The molecule has 1 spiro atoms. The summed E-state index contributed by atoms with van der Waals surface area (Å²) in [5.41, 5.74) is 0.321. The van der Waals surface area contributed by atoms with Crippen LogP contribution in [0.1, 0.15) is 53.4 Å². The summed E-state index contributed by atoms with van der Waals surface area (Å²) in [6, 6.07) is 0. The molecule has 1 saturated carbocycles. The predicted molar refractivity (Wildman–Crippen MR) is 78.1 cm³/mol. The molecule has 4 heteroatoms. The zero-order chi connectivity index (χ0) is 13.7. The molecule has 2 heterocycles. The van der Waals surface area contributed by atoms with Crippen LogP contribution >= 0.6 is 0 Å². The second kappa shape index (κ2) is 4.47. The van der Waals surface area contributed by atoms with Crippen molar-refractivity contribution in [1.29, 1.82) is 0 Å². The first-order valence-electron chi connectivity index (χ1n) is 7.88. The highest BCUT2D eigenvalue weighted by Crippen LogP contribution is 2.54. The molecular weight excluding hydrogens is 237 g/mol. The summed E-state index contributed by atoms with van der Waals surface area (Å²) in [7, 11) is 0.00839. The van der Waals surface area contributed by atoms with E-state index in [1.807, 2.05) is 0 Å². The van der Waals surface area contributed by atoms with Crippen molar-refractivity contribution < 1.29 is 9.31 Å². The molecule has 0 radical (unpaired) electrons. The van der Waals surface area contributed by atoms with E-state index in [0.717, 1.165) is 12.2 Å². The maximum Gasteiger partial charge on any atom is 0.458 e. The largest absolute Gasteiger partial charge is 0.458 e. The molecule has 19 heavy (non-hydrogen) atoms. The van der Waals surface area contributed by atoms with Gasteiger partial charge in [-0.3, -0.25) is 0 Å². The SMILES string of the molecule is CC1(C)OB(CC2CC3(CCNCC3)C2)OC1(C)C. The Morgan fingerprint density at radius 1 is 1.00 bits per heavy atom. The van der Waals surface area contributed by atoms with Gasteiger partial charge in [-0.25, -0.2) is 0 Å². The van der Waals surface area contributed by atoms with Crippen LogP contribution in [0.2, 0.25) is 6.32 Å². The zero-order valence-corrected chi connectivity index (χ0v) is 12.9. The lowest BCUT2D eigenvalue weighted by atomic mass is 9.53. The quantitative estimate of drug-likeness (QED) is 0.779. The Morgan fingerprint density at radius 3 is 2.05 bits per heavy atom. The van der Waals surface area contributed by atoms with Crippen LogP contribution in [0.15, 0.2) is 0 Å². The molecule has 0 atom stereocenters. The second-order valence-electron chi connectivity index (χ2n) is 7.95. The number of piperidine rings is 1. The summed E-state index contributed by atoms with van der Waals surface area (Å²) in [4.78, 5) is 0. The Morgan fingerprint density at radius 2 is 1.53 bits per heavy atom. The zero-order valence-electron chi connectivity index (χ0n) is 12.9. The third-order valence-corrected chi connectivity index (χ3v) is 5.94. The van der Waals surface area contributed by atoms with Crippen molar-refractivity contribution in [2.75, 3.05) is 13.1 Å². The molecule has 0 bridgehead atoms. The van der Waals surface area contributed by atoms with E-state index in [1.54, 1.807) is 0 Å². The molecule has 0 aromatic heterocycles. The highest BCUT2D eigenvalue weighted by Gasteiger charge is 2.53. The molecule has 2 aliphatic heterocycles. The summed E-state index contributed by atoms with van der Waals surface area (Å²) >= 11 is 0. The van der Waals surface area contributed by atoms with Crippen LogP contribution in [0.3, 0.4) is 0 Å². The van der Waals surface area contributed by atoms with Gasteiger partial charge in [0.2, 0.25) is 0 Å². The predicted octanol–water partition coefficient (Wildman–Crippen LogP) is 2.86. The summed E-state index contributed by atoms with van der Waals surface area (Å²) in [5, 5.41) is 3.47. The lowest BCUT2D eigenvalue weighted by Gasteiger charge is -2.50. The van der Waals surface area contributed by atoms with Crippen LogP contribution in [0.25, 0.3) is 0 Å². The Labute approximate surface area is 118 Å². The number of hydrogen-bond donors (Lipinski definition) is 1. The maximum absolute atomic E-state index is 6.11. The third-order valence-electron chi connectivity index (χ3n) is 5.94. The Hall–Kier alpha value is -0.0551. The molecular formula is C15H28BNO2. The van der Waals surface area contributed by atoms with E-state index >= 15 is 0 Å². The van der Waals surface area contributed by atoms with Gasteiger partial charge in [-0.2, -0.15) is 0 Å². The Bertz CT molecular complexity index is 326. The minimum Gasteiger partial charge on any atom is -0.403 e. The van der Waals surface area contributed by atoms with Crippen molar-refractivity contribution in [1.82, 2.24) is 5.32 Å². The first kappa shape index (κ1) is 13.9. The lowest BCUT2D eigenvalue weighted by molar-refractivity contribution is 0.00578. The van der Waals surface area contributed by atoms with Crippen LogP contribution in [0.4, 0.5) is 0 Å². The smallest absolute Gasteiger partial charge is 0.403 e. The molecule has 0 aromatic carbocycles. The monoisotopic (exact) mass is 265 g/mol. The first-order chi connectivity index (χ1) is 8.82. The van der Waals surface area contributed by atoms with Crippen LogP contribution < -0.4 is 5.32 Å². The summed E-state index contributed by atoms with van der Waals surface area (Å²) in [6.07, 6.45) is 6.60. The van der Waals surface area contributed by atoms with Crippen LogP contribution in [-0.2, 0) is 9.31 Å². The molecule has 3 fully saturated rings. The Kier molecular flexibility index (Phi) is 3.27. The van der Waals surface area contributed by atoms with Gasteiger partial charge in [0.25, 0.3) is 0 Å². The van der Waals surface area contributed by atoms with Crippen molar-refractivity contribution in [3.63, 3.8) is 0 Å². The van der Waals surface area contributed by atoms with Gasteiger partial charge >= 0.3 is 7.12 Å². The van der Waals surface area contributed by atoms with Crippen molar-refractivity contribution in [2.24, 2.45) is 11.3 Å². The number of rotatable bonds is 2. The van der Waals surface area contributed by atoms with Gasteiger partial charge in [0.1, 0.15) is 0 Å². The first-order valence-corrected chi connectivity index (χ1v) is 7.88. The van der Waals surface area contributed by atoms with Gasteiger partial charge in [-0.1, -0.05) is 0 Å². The van der Waals surface area contributed by atoms with Crippen molar-refractivity contribution >= 4 is 7.12 Å². The van der Waals surface area contributed by atoms with E-state index in [9.17, 15) is 0 Å². The van der Waals surface area contributed by atoms with Crippen LogP contribution in [-0.4, -0.2) is 31.4 Å². The summed E-state index contributed by atoms with van der Waals surface area (Å²) in [5.74, 6) is 0.813. The minimum atomic E-state index is -0.173. The third kappa shape index (κ3) is 2.47. The van der Waals surface area contributed by atoms with Gasteiger partial charge in [0.15, 0.2) is 0 Å². The second-order valence-corrected chi connectivity index (χ2v) is 7.95. The van der Waals surface area contributed by atoms with E-state index < -0.39 is 0 Å². The summed E-state index contributed by atoms with van der Waals surface area (Å²) < 4.78 is 12.2. The van der Waals surface area contributed by atoms with E-state index in [0.29, 0.717) is 5.41 Å². The van der Waals surface area contributed by atoms with Gasteiger partial charge < -0.3 is 14.6 Å². The molecule has 3 nitrogen and oxygen atoms in total. The van der Waals surface area contributed by atoms with Crippen LogP contribution in [0, 0.1) is 11.3 Å². The molecule has 1 aliphatic carbocycles. The van der Waals surface area contributed by atoms with E-state index in [2.05, 4.69) is 33.0 Å². The van der Waals surface area contributed by atoms with Gasteiger partial charge in [0, 0.05) is 0 Å². The number of hydrogen-bond acceptors (Lipinski definition) is 3. The maximum atomic E-state index is 6.11. The molecule has 0 aromatic rings. The van der Waals surface area contributed by atoms with E-state index in [1.165, 1.54) is 38.8 Å². The lowest BCUT2D eigenvalue weighted by Crippen LogP contribution is -2.46. The molecule has 3 rings (SSSR count). The molecule has 108 valence electrons. The van der Waals surface area contributed by atoms with Crippen molar-refractivity contribution in [3.8, 4) is 0 Å². The van der Waals surface area contributed by atoms with Crippen molar-refractivity contribution in [3.05, 3.63) is 0 Å². The standard InChI is InChI=1S/C15H28BNO2/c1-13(2)14(3,4)19-16(18-13)11-12-9-15(10-12)5-7-17-8-6-15/h12,17H,5-11H2,1-4H3.